The second kappa shape index (κ2) is 5.52. The Morgan fingerprint density at radius 1 is 1.37 bits per heavy atom. The maximum atomic E-state index is 12.1. The van der Waals surface area contributed by atoms with E-state index in [1.54, 1.807) is 37.2 Å². The van der Waals surface area contributed by atoms with Gasteiger partial charge in [-0.3, -0.25) is 9.48 Å². The third-order valence-corrected chi connectivity index (χ3v) is 2.83. The number of nitrogens with zero attached hydrogens (tertiary/aromatic N) is 2. The van der Waals surface area contributed by atoms with E-state index >= 15 is 0 Å². The lowest BCUT2D eigenvalue weighted by Gasteiger charge is -2.02. The number of carbonyl (C=O) groups excluding carboxylic acids is 1. The molecule has 19 heavy (non-hydrogen) atoms. The highest BCUT2D eigenvalue weighted by Crippen LogP contribution is 2.19. The molecule has 0 bridgehead atoms. The van der Waals surface area contributed by atoms with E-state index in [0.717, 1.165) is 17.0 Å². The highest BCUT2D eigenvalue weighted by atomic mass is 16.5. The average Bonchev–Trinajstić information content (AvgIpc) is 2.75. The summed E-state index contributed by atoms with van der Waals surface area (Å²) in [7, 11) is 3.41. The van der Waals surface area contributed by atoms with Crippen molar-refractivity contribution in [1.29, 1.82) is 0 Å². The van der Waals surface area contributed by atoms with Crippen LogP contribution in [-0.2, 0) is 7.05 Å². The summed E-state index contributed by atoms with van der Waals surface area (Å²) in [5, 5.41) is 4.16. The summed E-state index contributed by atoms with van der Waals surface area (Å²) < 4.78 is 6.87. The molecule has 1 aromatic heterocycles. The summed E-state index contributed by atoms with van der Waals surface area (Å²) in [5.74, 6) is 0.686. The minimum Gasteiger partial charge on any atom is -0.496 e. The Morgan fingerprint density at radius 2 is 2.11 bits per heavy atom. The first kappa shape index (κ1) is 13.1. The first-order valence-corrected chi connectivity index (χ1v) is 5.97. The van der Waals surface area contributed by atoms with Gasteiger partial charge in [0.25, 0.3) is 0 Å². The molecule has 2 aromatic rings. The van der Waals surface area contributed by atoms with Crippen molar-refractivity contribution in [3.05, 3.63) is 53.4 Å². The SMILES string of the molecule is COc1ccccc1C=CC(=O)c1cn(C)nc1C. The van der Waals surface area contributed by atoms with Crippen molar-refractivity contribution in [2.75, 3.05) is 7.11 Å². The van der Waals surface area contributed by atoms with E-state index in [-0.39, 0.29) is 5.78 Å². The standard InChI is InChI=1S/C15H16N2O2/c1-11-13(10-17(2)16-11)14(18)9-8-12-6-4-5-7-15(12)19-3/h4-10H,1-3H3. The number of benzene rings is 1. The van der Waals surface area contributed by atoms with Crippen molar-refractivity contribution in [3.8, 4) is 5.75 Å². The molecule has 4 heteroatoms. The second-order valence-electron chi connectivity index (χ2n) is 4.24. The van der Waals surface area contributed by atoms with Gasteiger partial charge in [-0.1, -0.05) is 18.2 Å². The minimum absolute atomic E-state index is 0.0588. The predicted molar refractivity (Wildman–Crippen MR) is 74.3 cm³/mol. The molecule has 0 atom stereocenters. The molecule has 1 heterocycles. The summed E-state index contributed by atoms with van der Waals surface area (Å²) in [6.45, 7) is 1.82. The predicted octanol–water partition coefficient (Wildman–Crippen LogP) is 2.63. The first-order valence-electron chi connectivity index (χ1n) is 5.97. The van der Waals surface area contributed by atoms with Gasteiger partial charge in [0, 0.05) is 18.8 Å². The van der Waals surface area contributed by atoms with Gasteiger partial charge in [0.2, 0.25) is 0 Å². The number of hydrogen-bond acceptors (Lipinski definition) is 3. The number of rotatable bonds is 4. The van der Waals surface area contributed by atoms with Crippen molar-refractivity contribution in [2.24, 2.45) is 7.05 Å². The lowest BCUT2D eigenvalue weighted by molar-refractivity contribution is 0.104. The van der Waals surface area contributed by atoms with Gasteiger partial charge in [-0.25, -0.2) is 0 Å². The molecule has 0 fully saturated rings. The zero-order valence-electron chi connectivity index (χ0n) is 11.3. The van der Waals surface area contributed by atoms with Crippen molar-refractivity contribution >= 4 is 11.9 Å². The number of allylic oxidation sites excluding steroid dienone is 1. The summed E-state index contributed by atoms with van der Waals surface area (Å²) in [4.78, 5) is 12.1. The van der Waals surface area contributed by atoms with Gasteiger partial charge >= 0.3 is 0 Å². The number of carbonyl (C=O) groups is 1. The smallest absolute Gasteiger partial charge is 0.189 e. The third kappa shape index (κ3) is 2.91. The topological polar surface area (TPSA) is 44.1 Å². The van der Waals surface area contributed by atoms with E-state index in [4.69, 9.17) is 4.74 Å². The van der Waals surface area contributed by atoms with Crippen molar-refractivity contribution < 1.29 is 9.53 Å². The van der Waals surface area contributed by atoms with E-state index in [1.165, 1.54) is 0 Å². The Balaban J connectivity index is 2.23. The number of hydrogen-bond donors (Lipinski definition) is 0. The van der Waals surface area contributed by atoms with E-state index in [1.807, 2.05) is 31.2 Å². The van der Waals surface area contributed by atoms with Crippen LogP contribution in [0.4, 0.5) is 0 Å². The second-order valence-corrected chi connectivity index (χ2v) is 4.24. The largest absolute Gasteiger partial charge is 0.496 e. The van der Waals surface area contributed by atoms with E-state index in [2.05, 4.69) is 5.10 Å². The molecular weight excluding hydrogens is 240 g/mol. The highest BCUT2D eigenvalue weighted by molar-refractivity contribution is 6.07. The van der Waals surface area contributed by atoms with Crippen LogP contribution in [0.1, 0.15) is 21.6 Å². The molecule has 0 radical (unpaired) electrons. The number of para-hydroxylation sites is 1. The van der Waals surface area contributed by atoms with Crippen molar-refractivity contribution in [1.82, 2.24) is 9.78 Å². The number of aryl methyl sites for hydroxylation is 2. The molecule has 0 aliphatic rings. The number of ether oxygens (including phenoxy) is 1. The van der Waals surface area contributed by atoms with Crippen LogP contribution in [-0.4, -0.2) is 22.7 Å². The molecule has 2 rings (SSSR count). The van der Waals surface area contributed by atoms with Crippen molar-refractivity contribution in [3.63, 3.8) is 0 Å². The van der Waals surface area contributed by atoms with Crippen LogP contribution in [0, 0.1) is 6.92 Å². The van der Waals surface area contributed by atoms with Gasteiger partial charge in [0.05, 0.1) is 18.4 Å². The van der Waals surface area contributed by atoms with Gasteiger partial charge < -0.3 is 4.74 Å². The molecule has 0 spiro atoms. The van der Waals surface area contributed by atoms with Crippen LogP contribution >= 0.6 is 0 Å². The van der Waals surface area contributed by atoms with Crippen LogP contribution in [0.25, 0.3) is 6.08 Å². The summed E-state index contributed by atoms with van der Waals surface area (Å²) in [5.41, 5.74) is 2.23. The van der Waals surface area contributed by atoms with Crippen LogP contribution < -0.4 is 4.74 Å². The Kier molecular flexibility index (Phi) is 3.80. The van der Waals surface area contributed by atoms with Crippen LogP contribution in [0.15, 0.2) is 36.5 Å². The third-order valence-electron chi connectivity index (χ3n) is 2.83. The fourth-order valence-corrected chi connectivity index (χ4v) is 1.90. The average molecular weight is 256 g/mol. The molecule has 4 nitrogen and oxygen atoms in total. The summed E-state index contributed by atoms with van der Waals surface area (Å²) in [6, 6.07) is 7.56. The Hall–Kier alpha value is -2.36. The molecule has 0 saturated heterocycles. The molecule has 0 amide bonds. The maximum Gasteiger partial charge on any atom is 0.189 e. The van der Waals surface area contributed by atoms with Crippen LogP contribution in [0.3, 0.4) is 0 Å². The fourth-order valence-electron chi connectivity index (χ4n) is 1.90. The zero-order chi connectivity index (χ0) is 13.8. The maximum absolute atomic E-state index is 12.1. The normalized spacial score (nSPS) is 10.9. The summed E-state index contributed by atoms with van der Waals surface area (Å²) >= 11 is 0. The lowest BCUT2D eigenvalue weighted by Crippen LogP contribution is -1.95. The number of aromatic nitrogens is 2. The minimum atomic E-state index is -0.0588. The highest BCUT2D eigenvalue weighted by Gasteiger charge is 2.09. The Morgan fingerprint density at radius 3 is 2.74 bits per heavy atom. The van der Waals surface area contributed by atoms with E-state index < -0.39 is 0 Å². The van der Waals surface area contributed by atoms with Gasteiger partial charge in [-0.15, -0.1) is 0 Å². The number of ketones is 1. The zero-order valence-corrected chi connectivity index (χ0v) is 11.3. The van der Waals surface area contributed by atoms with Gasteiger partial charge in [0.15, 0.2) is 5.78 Å². The molecule has 98 valence electrons. The van der Waals surface area contributed by atoms with Gasteiger partial charge in [0.1, 0.15) is 5.75 Å². The van der Waals surface area contributed by atoms with E-state index in [0.29, 0.717) is 5.56 Å². The monoisotopic (exact) mass is 256 g/mol. The molecule has 0 saturated carbocycles. The van der Waals surface area contributed by atoms with E-state index in [9.17, 15) is 4.79 Å². The Bertz CT molecular complexity index is 627. The number of methoxy groups -OCH3 is 1. The quantitative estimate of drug-likeness (QED) is 0.624. The lowest BCUT2D eigenvalue weighted by atomic mass is 10.1. The Labute approximate surface area is 112 Å². The van der Waals surface area contributed by atoms with Gasteiger partial charge in [-0.05, 0) is 25.1 Å². The first-order chi connectivity index (χ1) is 9.11. The van der Waals surface area contributed by atoms with Crippen LogP contribution in [0.2, 0.25) is 0 Å². The molecule has 0 N–H and O–H groups in total. The fraction of sp³-hybridized carbons (Fsp3) is 0.200. The molecule has 0 aliphatic carbocycles. The molecule has 0 aliphatic heterocycles. The summed E-state index contributed by atoms with van der Waals surface area (Å²) in [6.07, 6.45) is 5.03. The van der Waals surface area contributed by atoms with Crippen molar-refractivity contribution in [2.45, 2.75) is 6.92 Å². The molecular formula is C15H16N2O2. The molecule has 1 aromatic carbocycles. The van der Waals surface area contributed by atoms with Crippen LogP contribution in [0.5, 0.6) is 5.75 Å². The molecule has 0 unspecified atom stereocenters. The van der Waals surface area contributed by atoms with Gasteiger partial charge in [-0.2, -0.15) is 5.10 Å².